The number of amides is 2. The largest absolute Gasteiger partial charge is 0.492 e. The van der Waals surface area contributed by atoms with E-state index >= 15 is 0 Å². The fourth-order valence-corrected chi connectivity index (χ4v) is 4.82. The predicted molar refractivity (Wildman–Crippen MR) is 158 cm³/mol. The number of likely N-dealkylation sites (N-methyl/N-ethyl adjacent to an activating group) is 1. The maximum Gasteiger partial charge on any atom is 0.417 e. The van der Waals surface area contributed by atoms with Crippen molar-refractivity contribution >= 4 is 29.1 Å². The number of hydrogen-bond donors (Lipinski definition) is 1. The fourth-order valence-electron chi connectivity index (χ4n) is 4.82. The number of oxazole rings is 1. The van der Waals surface area contributed by atoms with Crippen LogP contribution >= 0.6 is 0 Å². The molecule has 3 aromatic carbocycles. The average Bonchev–Trinajstić information content (AvgIpc) is 3.63. The van der Waals surface area contributed by atoms with Crippen molar-refractivity contribution in [2.45, 2.75) is 24.7 Å². The summed E-state index contributed by atoms with van der Waals surface area (Å²) in [5.74, 6) is -0.0919. The molecule has 1 aliphatic heterocycles. The molecule has 0 bridgehead atoms. The molecule has 0 unspecified atom stereocenters. The van der Waals surface area contributed by atoms with E-state index in [0.29, 0.717) is 36.9 Å². The third-order valence-corrected chi connectivity index (χ3v) is 7.15. The number of hydrogen-bond acceptors (Lipinski definition) is 10. The van der Waals surface area contributed by atoms with Gasteiger partial charge in [0.1, 0.15) is 30.6 Å². The highest BCUT2D eigenvalue weighted by molar-refractivity contribution is 5.96. The number of fused-ring (bicyclic) bond motifs is 1. The maximum atomic E-state index is 13.7. The number of carbonyl (C=O) groups is 2. The SMILES string of the molecule is COCCO[C@H](C(=O)N1C(=O)OC[C@@H]1Cc1ccccc1)[C@H](O)c1ccc(OCCN(C)c2nc3ccccc3o2)cc1. The lowest BCUT2D eigenvalue weighted by atomic mass is 10.0. The van der Waals surface area contributed by atoms with Gasteiger partial charge in [0.2, 0.25) is 0 Å². The Bertz CT molecular complexity index is 1460. The molecule has 1 aliphatic rings. The zero-order chi connectivity index (χ0) is 30.2. The highest BCUT2D eigenvalue weighted by atomic mass is 16.6. The Balaban J connectivity index is 1.22. The molecule has 2 amide bonds. The van der Waals surface area contributed by atoms with Crippen LogP contribution in [0.4, 0.5) is 10.8 Å². The van der Waals surface area contributed by atoms with Crippen LogP contribution in [0.3, 0.4) is 0 Å². The summed E-state index contributed by atoms with van der Waals surface area (Å²) in [6.45, 7) is 1.20. The lowest BCUT2D eigenvalue weighted by molar-refractivity contribution is -0.151. The number of rotatable bonds is 14. The second-order valence-electron chi connectivity index (χ2n) is 10.2. The minimum Gasteiger partial charge on any atom is -0.492 e. The van der Waals surface area contributed by atoms with Crippen molar-refractivity contribution in [3.05, 3.63) is 90.0 Å². The van der Waals surface area contributed by atoms with Crippen LogP contribution in [0.1, 0.15) is 17.2 Å². The standard InChI is InChI=1S/C32H35N3O8/c1-34(31-33-26-10-6-7-11-27(26)43-31)16-17-40-25-14-12-23(13-15-25)28(36)29(41-19-18-39-2)30(37)35-24(21-42-32(35)38)20-22-8-4-3-5-9-22/h3-15,24,28-29,36H,16-21H2,1-2H3/t24-,28+,29-/m0/s1. The number of imide groups is 1. The van der Waals surface area contributed by atoms with E-state index in [1.54, 1.807) is 24.3 Å². The highest BCUT2D eigenvalue weighted by Gasteiger charge is 2.43. The molecule has 0 spiro atoms. The van der Waals surface area contributed by atoms with E-state index in [2.05, 4.69) is 4.98 Å². The van der Waals surface area contributed by atoms with Gasteiger partial charge in [-0.05, 0) is 41.8 Å². The fraction of sp³-hybridized carbons (Fsp3) is 0.344. The van der Waals surface area contributed by atoms with Crippen LogP contribution in [0.25, 0.3) is 11.1 Å². The molecule has 3 atom stereocenters. The summed E-state index contributed by atoms with van der Waals surface area (Å²) in [6, 6.07) is 23.8. The minimum atomic E-state index is -1.35. The van der Waals surface area contributed by atoms with Gasteiger partial charge in [0.25, 0.3) is 11.9 Å². The van der Waals surface area contributed by atoms with Gasteiger partial charge in [0, 0.05) is 14.2 Å². The predicted octanol–water partition coefficient (Wildman–Crippen LogP) is 4.00. The first kappa shape index (κ1) is 30.0. The van der Waals surface area contributed by atoms with E-state index in [1.807, 2.05) is 66.5 Å². The average molecular weight is 590 g/mol. The number of anilines is 1. The molecule has 43 heavy (non-hydrogen) atoms. The topological polar surface area (TPSA) is 124 Å². The van der Waals surface area contributed by atoms with Crippen LogP contribution in [0.5, 0.6) is 5.75 Å². The molecule has 0 radical (unpaired) electrons. The molecule has 11 heteroatoms. The van der Waals surface area contributed by atoms with Crippen LogP contribution in [0.2, 0.25) is 0 Å². The molecule has 11 nitrogen and oxygen atoms in total. The van der Waals surface area contributed by atoms with Gasteiger partial charge >= 0.3 is 6.09 Å². The summed E-state index contributed by atoms with van der Waals surface area (Å²) in [7, 11) is 3.38. The molecule has 1 saturated heterocycles. The Morgan fingerprint density at radius 3 is 2.53 bits per heavy atom. The van der Waals surface area contributed by atoms with Crippen LogP contribution in [-0.2, 0) is 25.4 Å². The number of aromatic nitrogens is 1. The van der Waals surface area contributed by atoms with Crippen LogP contribution in [-0.4, -0.2) is 86.3 Å². The Morgan fingerprint density at radius 2 is 1.79 bits per heavy atom. The second-order valence-corrected chi connectivity index (χ2v) is 10.2. The highest BCUT2D eigenvalue weighted by Crippen LogP contribution is 2.27. The van der Waals surface area contributed by atoms with Crippen molar-refractivity contribution in [1.82, 2.24) is 9.88 Å². The first-order valence-corrected chi connectivity index (χ1v) is 14.1. The van der Waals surface area contributed by atoms with Gasteiger partial charge < -0.3 is 33.4 Å². The molecule has 4 aromatic rings. The molecular weight excluding hydrogens is 554 g/mol. The number of benzene rings is 3. The van der Waals surface area contributed by atoms with Crippen LogP contribution in [0.15, 0.2) is 83.3 Å². The number of nitrogens with zero attached hydrogens (tertiary/aromatic N) is 3. The maximum absolute atomic E-state index is 13.7. The Hall–Kier alpha value is -4.45. The van der Waals surface area contributed by atoms with E-state index in [0.717, 1.165) is 21.6 Å². The first-order valence-electron chi connectivity index (χ1n) is 14.1. The lowest BCUT2D eigenvalue weighted by Crippen LogP contribution is -2.48. The number of aliphatic hydroxyl groups excluding tert-OH is 1. The number of methoxy groups -OCH3 is 1. The molecule has 1 fully saturated rings. The quantitative estimate of drug-likeness (QED) is 0.216. The van der Waals surface area contributed by atoms with Crippen molar-refractivity contribution in [3.8, 4) is 5.75 Å². The lowest BCUT2D eigenvalue weighted by Gasteiger charge is -2.28. The molecule has 5 rings (SSSR count). The van der Waals surface area contributed by atoms with Gasteiger partial charge in [-0.1, -0.05) is 54.6 Å². The van der Waals surface area contributed by atoms with Crippen molar-refractivity contribution < 1.29 is 38.1 Å². The smallest absolute Gasteiger partial charge is 0.417 e. The zero-order valence-electron chi connectivity index (χ0n) is 24.1. The molecule has 0 saturated carbocycles. The van der Waals surface area contributed by atoms with E-state index in [-0.39, 0.29) is 19.8 Å². The molecule has 226 valence electrons. The summed E-state index contributed by atoms with van der Waals surface area (Å²) >= 11 is 0. The van der Waals surface area contributed by atoms with Crippen LogP contribution < -0.4 is 9.64 Å². The van der Waals surface area contributed by atoms with Crippen molar-refractivity contribution in [2.24, 2.45) is 0 Å². The third-order valence-electron chi connectivity index (χ3n) is 7.15. The van der Waals surface area contributed by atoms with Gasteiger partial charge in [0.15, 0.2) is 11.7 Å². The molecule has 0 aliphatic carbocycles. The van der Waals surface area contributed by atoms with E-state index in [9.17, 15) is 14.7 Å². The summed E-state index contributed by atoms with van der Waals surface area (Å²) < 4.78 is 27.7. The van der Waals surface area contributed by atoms with E-state index in [1.165, 1.54) is 7.11 Å². The number of ether oxygens (including phenoxy) is 4. The molecule has 1 aromatic heterocycles. The number of carbonyl (C=O) groups excluding carboxylic acids is 2. The zero-order valence-corrected chi connectivity index (χ0v) is 24.1. The van der Waals surface area contributed by atoms with Crippen molar-refractivity contribution in [2.75, 3.05) is 52.0 Å². The molecule has 1 N–H and O–H groups in total. The number of cyclic esters (lactones) is 1. The van der Waals surface area contributed by atoms with Gasteiger partial charge in [-0.25, -0.2) is 9.69 Å². The van der Waals surface area contributed by atoms with Crippen molar-refractivity contribution in [1.29, 1.82) is 0 Å². The van der Waals surface area contributed by atoms with E-state index in [4.69, 9.17) is 23.4 Å². The minimum absolute atomic E-state index is 0.0466. The summed E-state index contributed by atoms with van der Waals surface area (Å²) in [6.07, 6.45) is -3.04. The molecular formula is C32H35N3O8. The van der Waals surface area contributed by atoms with E-state index < -0.39 is 30.3 Å². The Labute approximate surface area is 249 Å². The van der Waals surface area contributed by atoms with Crippen molar-refractivity contribution in [3.63, 3.8) is 0 Å². The molecule has 2 heterocycles. The Kier molecular flexibility index (Phi) is 9.88. The summed E-state index contributed by atoms with van der Waals surface area (Å²) in [5, 5.41) is 11.3. The number of aliphatic hydroxyl groups is 1. The van der Waals surface area contributed by atoms with Crippen LogP contribution in [0, 0.1) is 0 Å². The summed E-state index contributed by atoms with van der Waals surface area (Å²) in [5.41, 5.74) is 2.89. The first-order chi connectivity index (χ1) is 20.9. The normalized spacial score (nSPS) is 16.2. The Morgan fingerprint density at radius 1 is 1.05 bits per heavy atom. The van der Waals surface area contributed by atoms with Gasteiger partial charge in [-0.2, -0.15) is 4.98 Å². The number of para-hydroxylation sites is 2. The van der Waals surface area contributed by atoms with Gasteiger partial charge in [-0.3, -0.25) is 4.79 Å². The summed E-state index contributed by atoms with van der Waals surface area (Å²) in [4.78, 5) is 33.7. The second kappa shape index (κ2) is 14.1. The monoisotopic (exact) mass is 589 g/mol. The van der Waals surface area contributed by atoms with Gasteiger partial charge in [0.05, 0.1) is 25.8 Å². The van der Waals surface area contributed by atoms with Gasteiger partial charge in [-0.15, -0.1) is 0 Å². The third kappa shape index (κ3) is 7.31.